The summed E-state index contributed by atoms with van der Waals surface area (Å²) in [4.78, 5) is 14.8. The van der Waals surface area contributed by atoms with Crippen LogP contribution in [-0.2, 0) is 6.42 Å². The number of hydrogen-bond acceptors (Lipinski definition) is 8. The van der Waals surface area contributed by atoms with Crippen LogP contribution in [0.15, 0.2) is 118 Å². The second kappa shape index (κ2) is 15.5. The van der Waals surface area contributed by atoms with Crippen LogP contribution in [0.5, 0.6) is 28.7 Å². The highest BCUT2D eigenvalue weighted by Gasteiger charge is 2.32. The molecule has 2 heterocycles. The van der Waals surface area contributed by atoms with Crippen LogP contribution in [0.4, 0.5) is 5.69 Å². The summed E-state index contributed by atoms with van der Waals surface area (Å²) in [6.07, 6.45) is 6.31. The van der Waals surface area contributed by atoms with Gasteiger partial charge in [-0.05, 0) is 124 Å². The van der Waals surface area contributed by atoms with Crippen molar-refractivity contribution in [2.75, 3.05) is 19.1 Å². The highest BCUT2D eigenvalue weighted by atomic mass is 32.1. The predicted octanol–water partition coefficient (Wildman–Crippen LogP) is 10.5. The van der Waals surface area contributed by atoms with E-state index in [0.717, 1.165) is 28.0 Å². The van der Waals surface area contributed by atoms with Gasteiger partial charge in [0.15, 0.2) is 5.58 Å². The third-order valence-electron chi connectivity index (χ3n) is 9.04. The number of allylic oxidation sites excluding steroid dienone is 2. The molecule has 7 rings (SSSR count). The molecule has 0 unspecified atom stereocenters. The number of fused-ring (bicyclic) bond motifs is 4. The van der Waals surface area contributed by atoms with E-state index in [-0.39, 0.29) is 22.6 Å². The van der Waals surface area contributed by atoms with Gasteiger partial charge in [-0.2, -0.15) is 0 Å². The fraction of sp³-hybridized carbons (Fsp3) is 0.200. The average Bonchev–Trinajstić information content (AvgIpc) is 3.14. The summed E-state index contributed by atoms with van der Waals surface area (Å²) in [7, 11) is 3.43. The van der Waals surface area contributed by atoms with E-state index in [1.165, 1.54) is 30.2 Å². The number of aromatic hydroxyl groups is 2. The maximum atomic E-state index is 12.9. The van der Waals surface area contributed by atoms with E-state index in [0.29, 0.717) is 39.6 Å². The molecule has 0 saturated carbocycles. The van der Waals surface area contributed by atoms with Gasteiger partial charge in [0.1, 0.15) is 45.3 Å². The Balaban J connectivity index is 0.000000197. The molecule has 0 amide bonds. The van der Waals surface area contributed by atoms with Crippen molar-refractivity contribution in [3.05, 3.63) is 136 Å². The SMILES string of the molecule is COc1c(CC=C(C)C)c2c(c3oc(=O)c(-c4ccc(O)cc4)c(O)c13)C=CC(C)(C)O2.Cc1cccc(N(C)C(=S)Oc2ccc3ccccc3c2)c1. The van der Waals surface area contributed by atoms with Gasteiger partial charge in [0.25, 0.3) is 5.17 Å². The Hall–Kier alpha value is -6.06. The molecule has 0 atom stereocenters. The monoisotopic (exact) mass is 741 g/mol. The number of aryl methyl sites for hydroxylation is 1. The van der Waals surface area contributed by atoms with Crippen LogP contribution in [0.2, 0.25) is 0 Å². The molecule has 1 aromatic heterocycles. The van der Waals surface area contributed by atoms with E-state index >= 15 is 0 Å². The Kier molecular flexibility index (Phi) is 10.8. The molecular weight excluding hydrogens is 699 g/mol. The summed E-state index contributed by atoms with van der Waals surface area (Å²) >= 11 is 5.41. The minimum Gasteiger partial charge on any atom is -0.508 e. The number of benzene rings is 5. The Labute approximate surface area is 320 Å². The lowest BCUT2D eigenvalue weighted by Crippen LogP contribution is -2.29. The van der Waals surface area contributed by atoms with Crippen LogP contribution in [0, 0.1) is 6.92 Å². The molecule has 0 fully saturated rings. The zero-order chi connectivity index (χ0) is 38.7. The van der Waals surface area contributed by atoms with Gasteiger partial charge in [-0.3, -0.25) is 0 Å². The zero-order valence-electron chi connectivity index (χ0n) is 31.4. The third-order valence-corrected chi connectivity index (χ3v) is 9.40. The second-order valence-corrected chi connectivity index (χ2v) is 14.3. The number of methoxy groups -OCH3 is 1. The van der Waals surface area contributed by atoms with Crippen molar-refractivity contribution in [1.29, 1.82) is 0 Å². The second-order valence-electron chi connectivity index (χ2n) is 13.9. The lowest BCUT2D eigenvalue weighted by atomic mass is 9.93. The summed E-state index contributed by atoms with van der Waals surface area (Å²) in [5.74, 6) is 1.53. The van der Waals surface area contributed by atoms with Gasteiger partial charge in [0.2, 0.25) is 0 Å². The van der Waals surface area contributed by atoms with Crippen molar-refractivity contribution in [1.82, 2.24) is 0 Å². The number of nitrogens with zero attached hydrogens (tertiary/aromatic N) is 1. The highest BCUT2D eigenvalue weighted by Crippen LogP contribution is 2.49. The van der Waals surface area contributed by atoms with Gasteiger partial charge in [-0.25, -0.2) is 4.79 Å². The van der Waals surface area contributed by atoms with Crippen LogP contribution in [0.1, 0.15) is 44.4 Å². The number of phenols is 1. The van der Waals surface area contributed by atoms with Crippen molar-refractivity contribution in [2.45, 2.75) is 46.6 Å². The van der Waals surface area contributed by atoms with Gasteiger partial charge < -0.3 is 33.7 Å². The lowest BCUT2D eigenvalue weighted by molar-refractivity contribution is 0.157. The molecule has 2 N–H and O–H groups in total. The van der Waals surface area contributed by atoms with Crippen LogP contribution < -0.4 is 24.7 Å². The molecule has 8 nitrogen and oxygen atoms in total. The van der Waals surface area contributed by atoms with E-state index in [9.17, 15) is 15.0 Å². The molecule has 0 radical (unpaired) electrons. The molecule has 54 heavy (non-hydrogen) atoms. The van der Waals surface area contributed by atoms with E-state index < -0.39 is 11.2 Å². The minimum atomic E-state index is -0.694. The Morgan fingerprint density at radius 1 is 0.944 bits per heavy atom. The molecule has 1 aliphatic heterocycles. The molecule has 0 aliphatic carbocycles. The topological polar surface area (TPSA) is 102 Å². The van der Waals surface area contributed by atoms with Gasteiger partial charge in [0.05, 0.1) is 12.7 Å². The van der Waals surface area contributed by atoms with Crippen LogP contribution in [0.25, 0.3) is 38.9 Å². The van der Waals surface area contributed by atoms with Crippen molar-refractivity contribution in [3.63, 3.8) is 0 Å². The molecule has 0 spiro atoms. The van der Waals surface area contributed by atoms with Crippen molar-refractivity contribution in [3.8, 4) is 39.9 Å². The molecule has 9 heteroatoms. The number of rotatable bonds is 6. The maximum absolute atomic E-state index is 12.9. The fourth-order valence-corrected chi connectivity index (χ4v) is 6.44. The Morgan fingerprint density at radius 3 is 2.35 bits per heavy atom. The van der Waals surface area contributed by atoms with Crippen molar-refractivity contribution < 1.29 is 28.8 Å². The van der Waals surface area contributed by atoms with Gasteiger partial charge in [-0.15, -0.1) is 0 Å². The number of ether oxygens (including phenoxy) is 3. The smallest absolute Gasteiger partial charge is 0.348 e. The standard InChI is InChI=1S/C26H26O6.C19H17NOS/c1-14(2)6-11-17-22-18(12-13-26(3,4)32-22)24-20(23(17)30-5)21(28)19(25(29)31-24)15-7-9-16(27)10-8-15;1-14-6-5-9-17(12-14)20(2)19(22)21-18-11-10-15-7-3-4-8-16(15)13-18/h6-10,12-13,27-28H,11H2,1-5H3;3-13H,1-2H3. The first kappa shape index (κ1) is 37.7. The van der Waals surface area contributed by atoms with Crippen LogP contribution >= 0.6 is 12.2 Å². The fourth-order valence-electron chi connectivity index (χ4n) is 6.23. The van der Waals surface area contributed by atoms with Crippen LogP contribution in [-0.4, -0.2) is 35.1 Å². The molecule has 1 aliphatic rings. The van der Waals surface area contributed by atoms with Crippen molar-refractivity contribution in [2.24, 2.45) is 0 Å². The van der Waals surface area contributed by atoms with Crippen LogP contribution in [0.3, 0.4) is 0 Å². The molecule has 6 aromatic rings. The number of hydrogen-bond donors (Lipinski definition) is 2. The molecule has 0 bridgehead atoms. The molecule has 0 saturated heterocycles. The Morgan fingerprint density at radius 2 is 1.67 bits per heavy atom. The maximum Gasteiger partial charge on any atom is 0.348 e. The van der Waals surface area contributed by atoms with Gasteiger partial charge in [-0.1, -0.05) is 66.2 Å². The molecule has 5 aromatic carbocycles. The van der Waals surface area contributed by atoms with E-state index in [4.69, 9.17) is 30.8 Å². The first-order valence-corrected chi connectivity index (χ1v) is 17.9. The molecular formula is C45H43NO7S. The zero-order valence-corrected chi connectivity index (χ0v) is 32.2. The third kappa shape index (κ3) is 7.96. The van der Waals surface area contributed by atoms with Gasteiger partial charge in [0, 0.05) is 18.3 Å². The van der Waals surface area contributed by atoms with Gasteiger partial charge >= 0.3 is 5.63 Å². The predicted molar refractivity (Wildman–Crippen MR) is 221 cm³/mol. The first-order valence-electron chi connectivity index (χ1n) is 17.5. The summed E-state index contributed by atoms with van der Waals surface area (Å²) < 4.78 is 23.6. The average molecular weight is 742 g/mol. The quantitative estimate of drug-likeness (QED) is 0.0981. The summed E-state index contributed by atoms with van der Waals surface area (Å²) in [6, 6.07) is 28.3. The number of phenolic OH excluding ortho intramolecular Hbond substituents is 1. The normalized spacial score (nSPS) is 12.6. The summed E-state index contributed by atoms with van der Waals surface area (Å²) in [6.45, 7) is 9.95. The largest absolute Gasteiger partial charge is 0.508 e. The minimum absolute atomic E-state index is 0.00458. The van der Waals surface area contributed by atoms with E-state index in [2.05, 4.69) is 37.3 Å². The number of thiocarbonyl (C=S) groups is 1. The van der Waals surface area contributed by atoms with Crippen molar-refractivity contribution >= 4 is 50.9 Å². The van der Waals surface area contributed by atoms with E-state index in [1.807, 2.05) is 94.3 Å². The lowest BCUT2D eigenvalue weighted by Gasteiger charge is -2.31. The van der Waals surface area contributed by atoms with E-state index in [1.54, 1.807) is 12.1 Å². The first-order chi connectivity index (χ1) is 25.8. The summed E-state index contributed by atoms with van der Waals surface area (Å²) in [5.41, 5.74) is 4.06. The molecule has 276 valence electrons. The summed E-state index contributed by atoms with van der Waals surface area (Å²) in [5, 5.41) is 24.0. The highest BCUT2D eigenvalue weighted by molar-refractivity contribution is 7.80. The number of anilines is 1. The Bertz CT molecular complexity index is 2490.